The number of H-pyrrole nitrogens is 1. The number of halogens is 1. The van der Waals surface area contributed by atoms with Crippen molar-refractivity contribution < 1.29 is 28.5 Å². The molecule has 0 aliphatic rings. The minimum atomic E-state index is 0. The van der Waals surface area contributed by atoms with Gasteiger partial charge >= 0.3 is 0 Å². The van der Waals surface area contributed by atoms with Crippen LogP contribution in [0.2, 0.25) is 0 Å². The number of pyridine rings is 1. The first-order chi connectivity index (χ1) is 7.84. The van der Waals surface area contributed by atoms with E-state index in [0.717, 1.165) is 5.69 Å². The first kappa shape index (κ1) is 12.1. The molecular weight excluding hydrogens is 323 g/mol. The molecule has 0 amide bonds. The molecule has 0 unspecified atom stereocenters. The zero-order valence-electron chi connectivity index (χ0n) is 9.52. The molecule has 1 aromatic carbocycles. The Bertz CT molecular complexity index is 610. The van der Waals surface area contributed by atoms with Crippen LogP contribution in [0.4, 0.5) is 0 Å². The summed E-state index contributed by atoms with van der Waals surface area (Å²) in [5, 5.41) is 1.25. The lowest BCUT2D eigenvalue weighted by molar-refractivity contribution is -0.660. The van der Waals surface area contributed by atoms with Gasteiger partial charge in [-0.2, -0.15) is 4.57 Å². The van der Waals surface area contributed by atoms with Crippen molar-refractivity contribution in [1.29, 1.82) is 0 Å². The largest absolute Gasteiger partial charge is 1.00 e. The van der Waals surface area contributed by atoms with Gasteiger partial charge in [0, 0.05) is 23.0 Å². The van der Waals surface area contributed by atoms with E-state index in [1.807, 2.05) is 12.1 Å². The molecule has 2 aromatic heterocycles. The molecule has 1 N–H and O–H groups in total. The van der Waals surface area contributed by atoms with Crippen LogP contribution < -0.4 is 28.5 Å². The van der Waals surface area contributed by atoms with Crippen molar-refractivity contribution in [2.45, 2.75) is 0 Å². The monoisotopic (exact) mass is 336 g/mol. The highest BCUT2D eigenvalue weighted by molar-refractivity contribution is 5.84. The molecule has 0 saturated carbocycles. The molecule has 3 heteroatoms. The zero-order valence-corrected chi connectivity index (χ0v) is 11.7. The van der Waals surface area contributed by atoms with Crippen LogP contribution in [0.15, 0.2) is 54.7 Å². The number of rotatable bonds is 1. The molecule has 2 heterocycles. The average Bonchev–Trinajstić information content (AvgIpc) is 2.73. The molecule has 3 aromatic rings. The van der Waals surface area contributed by atoms with Gasteiger partial charge in [-0.25, -0.2) is 0 Å². The minimum absolute atomic E-state index is 0. The molecule has 0 bridgehead atoms. The van der Waals surface area contributed by atoms with E-state index in [1.165, 1.54) is 16.6 Å². The van der Waals surface area contributed by atoms with Crippen molar-refractivity contribution in [2.24, 2.45) is 7.05 Å². The standard InChI is InChI=1S/C14H12N2.HI/c1-16-9-5-4-8-14(16)13-10-11-6-2-3-7-12(11)15-13;/h2-10H,1H3;1H. The van der Waals surface area contributed by atoms with Crippen molar-refractivity contribution in [3.05, 3.63) is 54.7 Å². The topological polar surface area (TPSA) is 19.7 Å². The van der Waals surface area contributed by atoms with Gasteiger partial charge in [-0.3, -0.25) is 0 Å². The maximum Gasteiger partial charge on any atom is 0.228 e. The van der Waals surface area contributed by atoms with Crippen molar-refractivity contribution in [3.63, 3.8) is 0 Å². The van der Waals surface area contributed by atoms with Crippen LogP contribution in [0.25, 0.3) is 22.3 Å². The van der Waals surface area contributed by atoms with E-state index in [4.69, 9.17) is 0 Å². The van der Waals surface area contributed by atoms with E-state index in [9.17, 15) is 0 Å². The number of aromatic amines is 1. The van der Waals surface area contributed by atoms with E-state index >= 15 is 0 Å². The van der Waals surface area contributed by atoms with Crippen LogP contribution in [0, 0.1) is 0 Å². The summed E-state index contributed by atoms with van der Waals surface area (Å²) >= 11 is 0. The van der Waals surface area contributed by atoms with Gasteiger partial charge in [0.25, 0.3) is 0 Å². The highest BCUT2D eigenvalue weighted by atomic mass is 127. The number of nitrogens with one attached hydrogen (secondary N) is 1. The molecule has 0 aliphatic carbocycles. The van der Waals surface area contributed by atoms with Gasteiger partial charge in [-0.05, 0) is 18.2 Å². The SMILES string of the molecule is C[n+]1ccccc1-c1cc2ccccc2[nH]1.[I-]. The maximum absolute atomic E-state index is 3.43. The summed E-state index contributed by atoms with van der Waals surface area (Å²) in [6, 6.07) is 16.7. The number of para-hydroxylation sites is 1. The third-order valence-electron chi connectivity index (χ3n) is 2.86. The molecule has 17 heavy (non-hydrogen) atoms. The maximum atomic E-state index is 3.43. The van der Waals surface area contributed by atoms with Crippen LogP contribution in [0.3, 0.4) is 0 Å². The molecule has 0 aliphatic heterocycles. The summed E-state index contributed by atoms with van der Waals surface area (Å²) in [7, 11) is 2.06. The van der Waals surface area contributed by atoms with E-state index in [0.29, 0.717) is 0 Å². The predicted octanol–water partition coefficient (Wildman–Crippen LogP) is -0.337. The van der Waals surface area contributed by atoms with E-state index in [2.05, 4.69) is 59.2 Å². The van der Waals surface area contributed by atoms with E-state index in [1.54, 1.807) is 0 Å². The van der Waals surface area contributed by atoms with Gasteiger partial charge in [0.1, 0.15) is 12.7 Å². The molecular formula is C14H13IN2. The van der Waals surface area contributed by atoms with E-state index in [-0.39, 0.29) is 24.0 Å². The molecule has 0 fully saturated rings. The number of aromatic nitrogens is 2. The van der Waals surface area contributed by atoms with Crippen molar-refractivity contribution >= 4 is 10.9 Å². The van der Waals surface area contributed by atoms with E-state index < -0.39 is 0 Å². The lowest BCUT2D eigenvalue weighted by atomic mass is 10.2. The Morgan fingerprint density at radius 2 is 1.76 bits per heavy atom. The second kappa shape index (κ2) is 4.87. The normalized spacial score (nSPS) is 10.2. The first-order valence-electron chi connectivity index (χ1n) is 5.37. The summed E-state index contributed by atoms with van der Waals surface area (Å²) in [6.45, 7) is 0. The fourth-order valence-electron chi connectivity index (χ4n) is 2.01. The number of aryl methyl sites for hydroxylation is 1. The van der Waals surface area contributed by atoms with Crippen LogP contribution in [0.1, 0.15) is 0 Å². The van der Waals surface area contributed by atoms with Gasteiger partial charge in [0.2, 0.25) is 5.69 Å². The Hall–Kier alpha value is -1.36. The van der Waals surface area contributed by atoms with Gasteiger partial charge < -0.3 is 29.0 Å². The summed E-state index contributed by atoms with van der Waals surface area (Å²) in [4.78, 5) is 3.43. The third kappa shape index (κ3) is 2.20. The number of benzene rings is 1. The number of hydrogen-bond donors (Lipinski definition) is 1. The molecule has 3 rings (SSSR count). The minimum Gasteiger partial charge on any atom is -1.00 e. The Morgan fingerprint density at radius 3 is 2.53 bits per heavy atom. The van der Waals surface area contributed by atoms with Crippen LogP contribution in [0.5, 0.6) is 0 Å². The molecule has 0 radical (unpaired) electrons. The fraction of sp³-hybridized carbons (Fsp3) is 0.0714. The van der Waals surface area contributed by atoms with Gasteiger partial charge in [-0.15, -0.1) is 0 Å². The smallest absolute Gasteiger partial charge is 0.228 e. The zero-order chi connectivity index (χ0) is 11.0. The third-order valence-corrected chi connectivity index (χ3v) is 2.86. The highest BCUT2D eigenvalue weighted by Crippen LogP contribution is 2.21. The molecule has 0 spiro atoms. The van der Waals surface area contributed by atoms with Crippen molar-refractivity contribution in [3.8, 4) is 11.4 Å². The molecule has 0 saturated heterocycles. The summed E-state index contributed by atoms with van der Waals surface area (Å²) in [6.07, 6.45) is 2.06. The molecule has 0 atom stereocenters. The second-order valence-corrected chi connectivity index (χ2v) is 3.97. The second-order valence-electron chi connectivity index (χ2n) is 3.97. The lowest BCUT2D eigenvalue weighted by Crippen LogP contribution is -3.00. The lowest BCUT2D eigenvalue weighted by Gasteiger charge is -1.95. The number of fused-ring (bicyclic) bond motifs is 1. The van der Waals surface area contributed by atoms with Crippen molar-refractivity contribution in [1.82, 2.24) is 4.98 Å². The fourth-order valence-corrected chi connectivity index (χ4v) is 2.01. The van der Waals surface area contributed by atoms with Crippen LogP contribution >= 0.6 is 0 Å². The summed E-state index contributed by atoms with van der Waals surface area (Å²) in [5.74, 6) is 0. The molecule has 86 valence electrons. The molecule has 2 nitrogen and oxygen atoms in total. The van der Waals surface area contributed by atoms with Crippen LogP contribution in [-0.4, -0.2) is 4.98 Å². The quantitative estimate of drug-likeness (QED) is 0.464. The Balaban J connectivity index is 0.00000108. The average molecular weight is 336 g/mol. The van der Waals surface area contributed by atoms with Crippen molar-refractivity contribution in [2.75, 3.05) is 0 Å². The first-order valence-corrected chi connectivity index (χ1v) is 5.37. The Kier molecular flexibility index (Phi) is 3.47. The van der Waals surface area contributed by atoms with Gasteiger partial charge in [0.05, 0.1) is 0 Å². The van der Waals surface area contributed by atoms with Gasteiger partial charge in [-0.1, -0.05) is 18.2 Å². The Labute approximate surface area is 117 Å². The highest BCUT2D eigenvalue weighted by Gasteiger charge is 2.10. The summed E-state index contributed by atoms with van der Waals surface area (Å²) in [5.41, 5.74) is 3.53. The van der Waals surface area contributed by atoms with Crippen LogP contribution in [-0.2, 0) is 7.05 Å². The Morgan fingerprint density at radius 1 is 1.00 bits per heavy atom. The summed E-state index contributed by atoms with van der Waals surface area (Å²) < 4.78 is 2.12. The van der Waals surface area contributed by atoms with Gasteiger partial charge in [0.15, 0.2) is 6.20 Å². The number of nitrogens with zero attached hydrogens (tertiary/aromatic N) is 1. The number of hydrogen-bond acceptors (Lipinski definition) is 0. The predicted molar refractivity (Wildman–Crippen MR) is 64.9 cm³/mol.